The van der Waals surface area contributed by atoms with Crippen molar-refractivity contribution < 1.29 is 33.2 Å². The summed E-state index contributed by atoms with van der Waals surface area (Å²) in [5, 5.41) is 0. The van der Waals surface area contributed by atoms with E-state index in [-0.39, 0.29) is 18.7 Å². The average Bonchev–Trinajstić information content (AvgIpc) is 3.37. The molecule has 2 aliphatic heterocycles. The normalized spacial score (nSPS) is 18.9. The number of hydrogen-bond donors (Lipinski definition) is 0. The monoisotopic (exact) mass is 396 g/mol. The summed E-state index contributed by atoms with van der Waals surface area (Å²) in [4.78, 5) is 12.7. The van der Waals surface area contributed by atoms with Crippen molar-refractivity contribution in [3.63, 3.8) is 0 Å². The third kappa shape index (κ3) is 2.53. The van der Waals surface area contributed by atoms with Gasteiger partial charge in [-0.15, -0.1) is 0 Å². The summed E-state index contributed by atoms with van der Waals surface area (Å²) >= 11 is 0. The van der Waals surface area contributed by atoms with Crippen molar-refractivity contribution in [2.45, 2.75) is 6.42 Å². The SMILES string of the molecule is COc1cc(C2=C3C(=O)OC[C@@H]3Cc3ccc4c(c32)OCO4)cc(OC)c1OC. The standard InChI is InChI=1S/C22H20O7/c1-24-15-7-12(8-16(25-2)20(15)26-3)17-18-11(4-5-14-21(18)29-10-28-14)6-13-9-27-22(23)19(13)17/h4-5,7-8,13H,6,9-10H2,1-3H3/t13-/m0/s1. The van der Waals surface area contributed by atoms with Crippen LogP contribution < -0.4 is 23.7 Å². The van der Waals surface area contributed by atoms with Crippen LogP contribution in [0, 0.1) is 5.92 Å². The van der Waals surface area contributed by atoms with Gasteiger partial charge in [0.15, 0.2) is 23.0 Å². The minimum absolute atomic E-state index is 0.00976. The quantitative estimate of drug-likeness (QED) is 0.736. The molecule has 2 aromatic rings. The zero-order valence-corrected chi connectivity index (χ0v) is 16.4. The van der Waals surface area contributed by atoms with E-state index >= 15 is 0 Å². The van der Waals surface area contributed by atoms with Crippen molar-refractivity contribution >= 4 is 11.5 Å². The molecule has 7 heteroatoms. The zero-order valence-electron chi connectivity index (χ0n) is 16.4. The number of benzene rings is 2. The number of ether oxygens (including phenoxy) is 6. The lowest BCUT2D eigenvalue weighted by atomic mass is 9.77. The molecule has 1 atom stereocenters. The first-order chi connectivity index (χ1) is 14.2. The molecule has 3 aliphatic rings. The van der Waals surface area contributed by atoms with E-state index < -0.39 is 0 Å². The Morgan fingerprint density at radius 3 is 2.41 bits per heavy atom. The molecule has 0 radical (unpaired) electrons. The van der Waals surface area contributed by atoms with Gasteiger partial charge in [0, 0.05) is 17.1 Å². The second-order valence-electron chi connectivity index (χ2n) is 7.04. The number of rotatable bonds is 4. The van der Waals surface area contributed by atoms with Crippen LogP contribution in [-0.2, 0) is 16.0 Å². The van der Waals surface area contributed by atoms with Gasteiger partial charge in [0.2, 0.25) is 12.5 Å². The molecule has 0 saturated carbocycles. The van der Waals surface area contributed by atoms with E-state index in [9.17, 15) is 4.79 Å². The fourth-order valence-corrected chi connectivity index (χ4v) is 4.35. The Labute approximate surface area is 167 Å². The van der Waals surface area contributed by atoms with Gasteiger partial charge in [0.1, 0.15) is 0 Å². The van der Waals surface area contributed by atoms with E-state index in [2.05, 4.69) is 0 Å². The van der Waals surface area contributed by atoms with Crippen molar-refractivity contribution in [3.05, 3.63) is 46.5 Å². The molecule has 5 rings (SSSR count). The van der Waals surface area contributed by atoms with Gasteiger partial charge in [0.05, 0.1) is 33.5 Å². The molecule has 1 fully saturated rings. The summed E-state index contributed by atoms with van der Waals surface area (Å²) in [6.45, 7) is 0.521. The third-order valence-corrected chi connectivity index (χ3v) is 5.61. The molecule has 7 nitrogen and oxygen atoms in total. The van der Waals surface area contributed by atoms with Crippen LogP contribution in [0.25, 0.3) is 5.57 Å². The summed E-state index contributed by atoms with van der Waals surface area (Å²) in [5.41, 5.74) is 4.13. The average molecular weight is 396 g/mol. The van der Waals surface area contributed by atoms with Crippen molar-refractivity contribution in [2.75, 3.05) is 34.7 Å². The first-order valence-corrected chi connectivity index (χ1v) is 9.29. The lowest BCUT2D eigenvalue weighted by molar-refractivity contribution is -0.135. The highest BCUT2D eigenvalue weighted by Gasteiger charge is 2.41. The maximum Gasteiger partial charge on any atom is 0.335 e. The van der Waals surface area contributed by atoms with E-state index in [0.29, 0.717) is 47.3 Å². The minimum Gasteiger partial charge on any atom is -0.493 e. The highest BCUT2D eigenvalue weighted by molar-refractivity contribution is 6.06. The molecule has 0 unspecified atom stereocenters. The molecular formula is C22H20O7. The molecule has 1 saturated heterocycles. The lowest BCUT2D eigenvalue weighted by Gasteiger charge is -2.26. The van der Waals surface area contributed by atoms with E-state index in [1.165, 1.54) is 0 Å². The number of hydrogen-bond acceptors (Lipinski definition) is 7. The number of cyclic esters (lactones) is 1. The van der Waals surface area contributed by atoms with Gasteiger partial charge >= 0.3 is 5.97 Å². The van der Waals surface area contributed by atoms with E-state index in [4.69, 9.17) is 28.4 Å². The number of esters is 1. The molecule has 0 N–H and O–H groups in total. The number of fused-ring (bicyclic) bond motifs is 4. The van der Waals surface area contributed by atoms with E-state index in [1.54, 1.807) is 21.3 Å². The Bertz CT molecular complexity index is 1030. The molecule has 29 heavy (non-hydrogen) atoms. The molecule has 0 spiro atoms. The van der Waals surface area contributed by atoms with E-state index in [0.717, 1.165) is 22.3 Å². The van der Waals surface area contributed by atoms with Crippen molar-refractivity contribution in [2.24, 2.45) is 5.92 Å². The fourth-order valence-electron chi connectivity index (χ4n) is 4.35. The second-order valence-corrected chi connectivity index (χ2v) is 7.04. The molecule has 2 heterocycles. The topological polar surface area (TPSA) is 72.5 Å². The number of methoxy groups -OCH3 is 3. The molecule has 150 valence electrons. The highest BCUT2D eigenvalue weighted by Crippen LogP contribution is 2.51. The fraction of sp³-hybridized carbons (Fsp3) is 0.318. The Balaban J connectivity index is 1.82. The highest BCUT2D eigenvalue weighted by atomic mass is 16.7. The molecule has 0 bridgehead atoms. The van der Waals surface area contributed by atoms with Crippen LogP contribution >= 0.6 is 0 Å². The third-order valence-electron chi connectivity index (χ3n) is 5.61. The predicted molar refractivity (Wildman–Crippen MR) is 103 cm³/mol. The van der Waals surface area contributed by atoms with Crippen LogP contribution in [0.15, 0.2) is 29.8 Å². The van der Waals surface area contributed by atoms with Gasteiger partial charge in [-0.3, -0.25) is 0 Å². The number of carbonyl (C=O) groups is 1. The number of carbonyl (C=O) groups excluding carboxylic acids is 1. The Morgan fingerprint density at radius 1 is 0.966 bits per heavy atom. The zero-order chi connectivity index (χ0) is 20.1. The summed E-state index contributed by atoms with van der Waals surface area (Å²) in [6.07, 6.45) is 0.709. The first-order valence-electron chi connectivity index (χ1n) is 9.29. The largest absolute Gasteiger partial charge is 0.493 e. The Hall–Kier alpha value is -3.35. The first kappa shape index (κ1) is 17.7. The maximum absolute atomic E-state index is 12.7. The van der Waals surface area contributed by atoms with Crippen LogP contribution in [0.3, 0.4) is 0 Å². The van der Waals surface area contributed by atoms with Crippen molar-refractivity contribution in [1.82, 2.24) is 0 Å². The van der Waals surface area contributed by atoms with Crippen LogP contribution in [0.5, 0.6) is 28.7 Å². The smallest absolute Gasteiger partial charge is 0.335 e. The summed E-state index contributed by atoms with van der Waals surface area (Å²) in [6, 6.07) is 7.63. The predicted octanol–water partition coefficient (Wildman–Crippen LogP) is 2.97. The summed E-state index contributed by atoms with van der Waals surface area (Å²) in [5.74, 6) is 2.51. The molecular weight excluding hydrogens is 376 g/mol. The van der Waals surface area contributed by atoms with Crippen LogP contribution in [0.2, 0.25) is 0 Å². The van der Waals surface area contributed by atoms with Gasteiger partial charge < -0.3 is 28.4 Å². The van der Waals surface area contributed by atoms with Crippen LogP contribution in [-0.4, -0.2) is 40.7 Å². The van der Waals surface area contributed by atoms with Gasteiger partial charge in [-0.05, 0) is 35.7 Å². The van der Waals surface area contributed by atoms with Crippen molar-refractivity contribution in [3.8, 4) is 28.7 Å². The Kier molecular flexibility index (Phi) is 4.04. The molecule has 0 aromatic heterocycles. The van der Waals surface area contributed by atoms with Gasteiger partial charge in [-0.2, -0.15) is 0 Å². The lowest BCUT2D eigenvalue weighted by Crippen LogP contribution is -2.17. The molecule has 0 amide bonds. The van der Waals surface area contributed by atoms with E-state index in [1.807, 2.05) is 24.3 Å². The second kappa shape index (κ2) is 6.62. The Morgan fingerprint density at radius 2 is 1.72 bits per heavy atom. The van der Waals surface area contributed by atoms with Gasteiger partial charge in [-0.1, -0.05) is 6.07 Å². The minimum atomic E-state index is -0.305. The van der Waals surface area contributed by atoms with Gasteiger partial charge in [-0.25, -0.2) is 4.79 Å². The molecule has 1 aliphatic carbocycles. The molecule has 2 aromatic carbocycles. The summed E-state index contributed by atoms with van der Waals surface area (Å²) < 4.78 is 33.3. The van der Waals surface area contributed by atoms with Crippen LogP contribution in [0.4, 0.5) is 0 Å². The summed E-state index contributed by atoms with van der Waals surface area (Å²) in [7, 11) is 4.68. The van der Waals surface area contributed by atoms with Crippen molar-refractivity contribution in [1.29, 1.82) is 0 Å². The van der Waals surface area contributed by atoms with Gasteiger partial charge in [0.25, 0.3) is 0 Å². The van der Waals surface area contributed by atoms with Crippen LogP contribution in [0.1, 0.15) is 16.7 Å². The maximum atomic E-state index is 12.7.